The summed E-state index contributed by atoms with van der Waals surface area (Å²) in [5, 5.41) is 8.35. The fourth-order valence-electron chi connectivity index (χ4n) is 0.963. The summed E-state index contributed by atoms with van der Waals surface area (Å²) in [7, 11) is 0. The third kappa shape index (κ3) is 3.05. The highest BCUT2D eigenvalue weighted by Gasteiger charge is 2.01. The minimum atomic E-state index is -0.913. The van der Waals surface area contributed by atoms with Gasteiger partial charge in [0.1, 0.15) is 11.6 Å². The lowest BCUT2D eigenvalue weighted by Crippen LogP contribution is -2.04. The Balaban J connectivity index is 2.51. The van der Waals surface area contributed by atoms with E-state index in [1.165, 1.54) is 18.2 Å². The molecule has 0 aliphatic carbocycles. The molecule has 3 nitrogen and oxygen atoms in total. The van der Waals surface area contributed by atoms with E-state index in [-0.39, 0.29) is 18.8 Å². The molecule has 1 aromatic rings. The van der Waals surface area contributed by atoms with Crippen molar-refractivity contribution < 1.29 is 19.0 Å². The van der Waals surface area contributed by atoms with Gasteiger partial charge in [-0.25, -0.2) is 4.39 Å². The first-order valence-electron chi connectivity index (χ1n) is 4.20. The van der Waals surface area contributed by atoms with Crippen LogP contribution < -0.4 is 4.74 Å². The zero-order valence-corrected chi connectivity index (χ0v) is 7.79. The first-order chi connectivity index (χ1) is 6.59. The second-order valence-electron chi connectivity index (χ2n) is 2.90. The van der Waals surface area contributed by atoms with E-state index in [4.69, 9.17) is 9.84 Å². The van der Waals surface area contributed by atoms with Crippen molar-refractivity contribution in [3.8, 4) is 5.75 Å². The van der Waals surface area contributed by atoms with Crippen molar-refractivity contribution in [1.29, 1.82) is 0 Å². The Morgan fingerprint density at radius 2 is 2.29 bits per heavy atom. The normalized spacial score (nSPS) is 9.86. The summed E-state index contributed by atoms with van der Waals surface area (Å²) in [6, 6.07) is 4.31. The summed E-state index contributed by atoms with van der Waals surface area (Å²) in [4.78, 5) is 10.2. The van der Waals surface area contributed by atoms with Crippen LogP contribution >= 0.6 is 0 Å². The zero-order valence-electron chi connectivity index (χ0n) is 7.79. The van der Waals surface area contributed by atoms with Gasteiger partial charge in [0.15, 0.2) is 0 Å². The molecule has 0 aliphatic rings. The van der Waals surface area contributed by atoms with E-state index >= 15 is 0 Å². The second-order valence-corrected chi connectivity index (χ2v) is 2.90. The molecule has 0 spiro atoms. The minimum Gasteiger partial charge on any atom is -0.493 e. The van der Waals surface area contributed by atoms with Crippen LogP contribution in [0.1, 0.15) is 12.0 Å². The largest absolute Gasteiger partial charge is 0.493 e. The Hall–Kier alpha value is -1.58. The summed E-state index contributed by atoms with van der Waals surface area (Å²) in [6.45, 7) is 1.72. The van der Waals surface area contributed by atoms with E-state index in [0.717, 1.165) is 0 Å². The Morgan fingerprint density at radius 1 is 1.57 bits per heavy atom. The van der Waals surface area contributed by atoms with Gasteiger partial charge in [0.05, 0.1) is 13.0 Å². The quantitative estimate of drug-likeness (QED) is 0.804. The van der Waals surface area contributed by atoms with Gasteiger partial charge in [-0.1, -0.05) is 0 Å². The molecule has 0 saturated carbocycles. The Kier molecular flexibility index (Phi) is 3.45. The van der Waals surface area contributed by atoms with E-state index in [9.17, 15) is 9.18 Å². The van der Waals surface area contributed by atoms with Crippen LogP contribution in [0, 0.1) is 12.7 Å². The van der Waals surface area contributed by atoms with Crippen molar-refractivity contribution in [3.63, 3.8) is 0 Å². The van der Waals surface area contributed by atoms with Crippen LogP contribution in [0.3, 0.4) is 0 Å². The Labute approximate surface area is 81.1 Å². The Bertz CT molecular complexity index is 336. The number of benzene rings is 1. The average molecular weight is 198 g/mol. The molecule has 0 fully saturated rings. The van der Waals surface area contributed by atoms with Crippen LogP contribution in [-0.4, -0.2) is 17.7 Å². The topological polar surface area (TPSA) is 46.5 Å². The number of hydrogen-bond acceptors (Lipinski definition) is 2. The van der Waals surface area contributed by atoms with Gasteiger partial charge in [0.25, 0.3) is 0 Å². The van der Waals surface area contributed by atoms with Crippen LogP contribution in [0.2, 0.25) is 0 Å². The number of hydrogen-bond donors (Lipinski definition) is 1. The first-order valence-corrected chi connectivity index (χ1v) is 4.20. The maximum absolute atomic E-state index is 12.8. The van der Waals surface area contributed by atoms with E-state index in [0.29, 0.717) is 11.3 Å². The summed E-state index contributed by atoms with van der Waals surface area (Å²) < 4.78 is 17.9. The van der Waals surface area contributed by atoms with Crippen molar-refractivity contribution >= 4 is 5.97 Å². The Morgan fingerprint density at radius 3 is 2.86 bits per heavy atom. The maximum Gasteiger partial charge on any atom is 0.306 e. The average Bonchev–Trinajstić information content (AvgIpc) is 2.10. The number of aryl methyl sites for hydroxylation is 1. The lowest BCUT2D eigenvalue weighted by molar-refractivity contribution is -0.137. The van der Waals surface area contributed by atoms with Crippen molar-refractivity contribution in [2.24, 2.45) is 0 Å². The van der Waals surface area contributed by atoms with Gasteiger partial charge in [-0.05, 0) is 30.7 Å². The highest BCUT2D eigenvalue weighted by Crippen LogP contribution is 2.15. The van der Waals surface area contributed by atoms with Gasteiger partial charge in [0, 0.05) is 0 Å². The molecular weight excluding hydrogens is 187 g/mol. The predicted molar refractivity (Wildman–Crippen MR) is 48.9 cm³/mol. The van der Waals surface area contributed by atoms with Crippen LogP contribution in [0.5, 0.6) is 5.75 Å². The molecule has 1 rings (SSSR count). The number of halogens is 1. The molecule has 0 bridgehead atoms. The lowest BCUT2D eigenvalue weighted by atomic mass is 10.2. The third-order valence-corrected chi connectivity index (χ3v) is 1.71. The SMILES string of the molecule is Cc1cc(OCCC(=O)O)ccc1F. The van der Waals surface area contributed by atoms with Gasteiger partial charge in [-0.15, -0.1) is 0 Å². The molecular formula is C10H11FO3. The van der Waals surface area contributed by atoms with Crippen molar-refractivity contribution in [2.45, 2.75) is 13.3 Å². The molecule has 76 valence electrons. The summed E-state index contributed by atoms with van der Waals surface area (Å²) in [5.74, 6) is -0.718. The number of carboxylic acid groups (broad SMARTS) is 1. The van der Waals surface area contributed by atoms with E-state index in [1.54, 1.807) is 6.92 Å². The number of carboxylic acids is 1. The van der Waals surface area contributed by atoms with Crippen molar-refractivity contribution in [2.75, 3.05) is 6.61 Å². The predicted octanol–water partition coefficient (Wildman–Crippen LogP) is 1.99. The summed E-state index contributed by atoms with van der Waals surface area (Å²) in [5.41, 5.74) is 0.484. The molecule has 0 aliphatic heterocycles. The number of rotatable bonds is 4. The van der Waals surface area contributed by atoms with E-state index in [2.05, 4.69) is 0 Å². The molecule has 0 radical (unpaired) electrons. The number of ether oxygens (including phenoxy) is 1. The highest BCUT2D eigenvalue weighted by molar-refractivity contribution is 5.66. The zero-order chi connectivity index (χ0) is 10.6. The van der Waals surface area contributed by atoms with Gasteiger partial charge in [-0.2, -0.15) is 0 Å². The number of aliphatic carboxylic acids is 1. The molecule has 1 N–H and O–H groups in total. The maximum atomic E-state index is 12.8. The fraction of sp³-hybridized carbons (Fsp3) is 0.300. The van der Waals surface area contributed by atoms with Crippen molar-refractivity contribution in [3.05, 3.63) is 29.6 Å². The second kappa shape index (κ2) is 4.60. The van der Waals surface area contributed by atoms with Gasteiger partial charge >= 0.3 is 5.97 Å². The molecule has 0 heterocycles. The highest BCUT2D eigenvalue weighted by atomic mass is 19.1. The van der Waals surface area contributed by atoms with E-state index < -0.39 is 5.97 Å². The lowest BCUT2D eigenvalue weighted by Gasteiger charge is -2.05. The first kappa shape index (κ1) is 10.5. The van der Waals surface area contributed by atoms with E-state index in [1.807, 2.05) is 0 Å². The van der Waals surface area contributed by atoms with Gasteiger partial charge < -0.3 is 9.84 Å². The van der Waals surface area contributed by atoms with Gasteiger partial charge in [0.2, 0.25) is 0 Å². The molecule has 0 unspecified atom stereocenters. The summed E-state index contributed by atoms with van der Waals surface area (Å²) >= 11 is 0. The third-order valence-electron chi connectivity index (χ3n) is 1.71. The molecule has 0 aromatic heterocycles. The van der Waals surface area contributed by atoms with Crippen LogP contribution in [0.25, 0.3) is 0 Å². The van der Waals surface area contributed by atoms with Crippen LogP contribution in [0.4, 0.5) is 4.39 Å². The minimum absolute atomic E-state index is 0.0591. The molecule has 1 aromatic carbocycles. The standard InChI is InChI=1S/C10H11FO3/c1-7-6-8(2-3-9(7)11)14-5-4-10(12)13/h2-3,6H,4-5H2,1H3,(H,12,13). The summed E-state index contributed by atoms with van der Waals surface area (Å²) in [6.07, 6.45) is -0.0591. The molecule has 4 heteroatoms. The van der Waals surface area contributed by atoms with Crippen LogP contribution in [-0.2, 0) is 4.79 Å². The van der Waals surface area contributed by atoms with Crippen molar-refractivity contribution in [1.82, 2.24) is 0 Å². The van der Waals surface area contributed by atoms with Crippen LogP contribution in [0.15, 0.2) is 18.2 Å². The number of carbonyl (C=O) groups is 1. The molecule has 0 saturated heterocycles. The monoisotopic (exact) mass is 198 g/mol. The molecule has 14 heavy (non-hydrogen) atoms. The molecule has 0 atom stereocenters. The fourth-order valence-corrected chi connectivity index (χ4v) is 0.963. The smallest absolute Gasteiger partial charge is 0.306 e. The molecule has 0 amide bonds. The van der Waals surface area contributed by atoms with Gasteiger partial charge in [-0.3, -0.25) is 4.79 Å².